The molecule has 162 valence electrons. The van der Waals surface area contributed by atoms with E-state index in [4.69, 9.17) is 4.74 Å². The quantitative estimate of drug-likeness (QED) is 0.638. The van der Waals surface area contributed by atoms with Gasteiger partial charge in [0.05, 0.1) is 18.9 Å². The first-order valence-corrected chi connectivity index (χ1v) is 8.83. The van der Waals surface area contributed by atoms with Crippen LogP contribution in [-0.4, -0.2) is 38.9 Å². The van der Waals surface area contributed by atoms with E-state index >= 15 is 0 Å². The van der Waals surface area contributed by atoms with E-state index in [2.05, 4.69) is 25.9 Å². The van der Waals surface area contributed by atoms with Crippen LogP contribution in [0.1, 0.15) is 28.5 Å². The number of anilines is 2. The molecule has 2 heterocycles. The molecule has 0 saturated heterocycles. The van der Waals surface area contributed by atoms with Crippen LogP contribution in [0.2, 0.25) is 0 Å². The first-order chi connectivity index (χ1) is 14.6. The van der Waals surface area contributed by atoms with Crippen LogP contribution in [-0.2, 0) is 11.0 Å². The molecule has 1 aromatic carbocycles. The minimum atomic E-state index is -4.89. The summed E-state index contributed by atoms with van der Waals surface area (Å²) in [6, 6.07) is 7.08. The van der Waals surface area contributed by atoms with E-state index in [1.165, 1.54) is 44.4 Å². The lowest BCUT2D eigenvalue weighted by atomic mass is 10.1. The SMILES string of the molecule is COc1ccc(-n2ncc(C(=O)Nc3ccc(NC(C)=O)c(C)c3)c2C(F)(F)F)nn1. The third-order valence-corrected chi connectivity index (χ3v) is 4.13. The predicted molar refractivity (Wildman–Crippen MR) is 104 cm³/mol. The highest BCUT2D eigenvalue weighted by Gasteiger charge is 2.41. The van der Waals surface area contributed by atoms with Gasteiger partial charge < -0.3 is 15.4 Å². The molecule has 3 aromatic rings. The van der Waals surface area contributed by atoms with Gasteiger partial charge in [-0.3, -0.25) is 9.59 Å². The molecule has 0 radical (unpaired) electrons. The second kappa shape index (κ2) is 8.42. The van der Waals surface area contributed by atoms with Crippen molar-refractivity contribution >= 4 is 23.2 Å². The summed E-state index contributed by atoms with van der Waals surface area (Å²) in [5.74, 6) is -1.40. The topological polar surface area (TPSA) is 111 Å². The van der Waals surface area contributed by atoms with Crippen LogP contribution in [0.25, 0.3) is 5.82 Å². The van der Waals surface area contributed by atoms with Gasteiger partial charge in [0.15, 0.2) is 11.5 Å². The van der Waals surface area contributed by atoms with Gasteiger partial charge in [-0.2, -0.15) is 18.3 Å². The average molecular weight is 434 g/mol. The molecule has 0 atom stereocenters. The lowest BCUT2D eigenvalue weighted by molar-refractivity contribution is -0.143. The maximum absolute atomic E-state index is 13.8. The van der Waals surface area contributed by atoms with Crippen molar-refractivity contribution in [2.24, 2.45) is 0 Å². The molecule has 0 unspecified atom stereocenters. The lowest BCUT2D eigenvalue weighted by Crippen LogP contribution is -2.21. The monoisotopic (exact) mass is 434 g/mol. The molecule has 2 N–H and O–H groups in total. The van der Waals surface area contributed by atoms with Crippen LogP contribution in [0.3, 0.4) is 0 Å². The van der Waals surface area contributed by atoms with Gasteiger partial charge in [0.25, 0.3) is 5.91 Å². The number of methoxy groups -OCH3 is 1. The number of nitrogens with one attached hydrogen (secondary N) is 2. The molecule has 2 aromatic heterocycles. The number of aryl methyl sites for hydroxylation is 1. The molecule has 12 heteroatoms. The van der Waals surface area contributed by atoms with Crippen LogP contribution in [0.15, 0.2) is 36.5 Å². The number of ether oxygens (including phenoxy) is 1. The molecule has 9 nitrogen and oxygen atoms in total. The maximum atomic E-state index is 13.8. The van der Waals surface area contributed by atoms with Gasteiger partial charge in [-0.25, -0.2) is 4.68 Å². The van der Waals surface area contributed by atoms with Crippen LogP contribution in [0, 0.1) is 6.92 Å². The van der Waals surface area contributed by atoms with Gasteiger partial charge in [-0.15, -0.1) is 10.2 Å². The standard InChI is InChI=1S/C19H17F3N6O3/c1-10-8-12(4-5-14(10)24-11(2)29)25-18(30)13-9-23-28(17(13)19(20,21)22)15-6-7-16(31-3)27-26-15/h4-9H,1-3H3,(H,24,29)(H,25,30). The van der Waals surface area contributed by atoms with Gasteiger partial charge in [-0.05, 0) is 36.8 Å². The molecule has 31 heavy (non-hydrogen) atoms. The predicted octanol–water partition coefficient (Wildman–Crippen LogP) is 3.21. The van der Waals surface area contributed by atoms with Crippen LogP contribution in [0.4, 0.5) is 24.5 Å². The third-order valence-electron chi connectivity index (χ3n) is 4.13. The zero-order valence-corrected chi connectivity index (χ0v) is 16.6. The van der Waals surface area contributed by atoms with Gasteiger partial charge in [0.2, 0.25) is 11.8 Å². The summed E-state index contributed by atoms with van der Waals surface area (Å²) in [5.41, 5.74) is -0.591. The molecule has 0 saturated carbocycles. The van der Waals surface area contributed by atoms with Crippen LogP contribution in [0.5, 0.6) is 5.88 Å². The molecule has 3 rings (SSSR count). The van der Waals surface area contributed by atoms with E-state index in [0.717, 1.165) is 6.20 Å². The fourth-order valence-corrected chi connectivity index (χ4v) is 2.77. The van der Waals surface area contributed by atoms with E-state index in [9.17, 15) is 22.8 Å². The van der Waals surface area contributed by atoms with E-state index in [1.807, 2.05) is 0 Å². The Bertz CT molecular complexity index is 1130. The van der Waals surface area contributed by atoms with Crippen molar-refractivity contribution in [3.05, 3.63) is 53.3 Å². The molecule has 0 fully saturated rings. The maximum Gasteiger partial charge on any atom is 0.434 e. The van der Waals surface area contributed by atoms with Crippen molar-refractivity contribution in [2.45, 2.75) is 20.0 Å². The van der Waals surface area contributed by atoms with Gasteiger partial charge in [0.1, 0.15) is 0 Å². The third kappa shape index (κ3) is 4.79. The largest absolute Gasteiger partial charge is 0.480 e. The number of hydrogen-bond acceptors (Lipinski definition) is 6. The van der Waals surface area contributed by atoms with Crippen molar-refractivity contribution in [1.29, 1.82) is 0 Å². The minimum absolute atomic E-state index is 0.112. The Labute approximate surface area is 174 Å². The summed E-state index contributed by atoms with van der Waals surface area (Å²) in [6.07, 6.45) is -4.08. The molecule has 0 aliphatic carbocycles. The van der Waals surface area contributed by atoms with Crippen molar-refractivity contribution in [3.8, 4) is 11.7 Å². The van der Waals surface area contributed by atoms with Crippen molar-refractivity contribution in [1.82, 2.24) is 20.0 Å². The second-order valence-electron chi connectivity index (χ2n) is 6.42. The Morgan fingerprint density at radius 2 is 1.84 bits per heavy atom. The number of hydrogen-bond donors (Lipinski definition) is 2. The lowest BCUT2D eigenvalue weighted by Gasteiger charge is -2.13. The first kappa shape index (κ1) is 21.7. The van der Waals surface area contributed by atoms with E-state index in [1.54, 1.807) is 6.92 Å². The number of amides is 2. The number of halogens is 3. The Hall–Kier alpha value is -3.96. The van der Waals surface area contributed by atoms with Gasteiger partial charge in [0, 0.05) is 24.4 Å². The normalized spacial score (nSPS) is 11.2. The van der Waals surface area contributed by atoms with E-state index in [-0.39, 0.29) is 23.3 Å². The first-order valence-electron chi connectivity index (χ1n) is 8.83. The Kier molecular flexibility index (Phi) is 5.90. The summed E-state index contributed by atoms with van der Waals surface area (Å²) in [6.45, 7) is 3.03. The number of aromatic nitrogens is 4. The number of rotatable bonds is 5. The smallest absolute Gasteiger partial charge is 0.434 e. The average Bonchev–Trinajstić information content (AvgIpc) is 3.16. The summed E-state index contributed by atoms with van der Waals surface area (Å²) in [5, 5.41) is 16.0. The summed E-state index contributed by atoms with van der Waals surface area (Å²) in [7, 11) is 1.34. The summed E-state index contributed by atoms with van der Waals surface area (Å²) >= 11 is 0. The zero-order valence-electron chi connectivity index (χ0n) is 16.6. The molecule has 2 amide bonds. The van der Waals surface area contributed by atoms with Crippen molar-refractivity contribution in [2.75, 3.05) is 17.7 Å². The van der Waals surface area contributed by atoms with Crippen molar-refractivity contribution < 1.29 is 27.5 Å². The number of carbonyl (C=O) groups excluding carboxylic acids is 2. The fraction of sp³-hybridized carbons (Fsp3) is 0.211. The van der Waals surface area contributed by atoms with Gasteiger partial charge in [-0.1, -0.05) is 0 Å². The molecule has 0 aliphatic rings. The number of carbonyl (C=O) groups is 2. The van der Waals surface area contributed by atoms with Crippen LogP contribution < -0.4 is 15.4 Å². The zero-order chi connectivity index (χ0) is 22.8. The highest BCUT2D eigenvalue weighted by Crippen LogP contribution is 2.34. The minimum Gasteiger partial charge on any atom is -0.480 e. The fourth-order valence-electron chi connectivity index (χ4n) is 2.77. The van der Waals surface area contributed by atoms with E-state index in [0.29, 0.717) is 15.9 Å². The molecular formula is C19H17F3N6O3. The van der Waals surface area contributed by atoms with Crippen molar-refractivity contribution in [3.63, 3.8) is 0 Å². The Balaban J connectivity index is 1.93. The molecule has 0 spiro atoms. The number of alkyl halides is 3. The summed E-state index contributed by atoms with van der Waals surface area (Å²) < 4.78 is 46.6. The van der Waals surface area contributed by atoms with E-state index < -0.39 is 23.3 Å². The number of benzene rings is 1. The second-order valence-corrected chi connectivity index (χ2v) is 6.42. The van der Waals surface area contributed by atoms with Gasteiger partial charge >= 0.3 is 6.18 Å². The summed E-state index contributed by atoms with van der Waals surface area (Å²) in [4.78, 5) is 23.8. The molecule has 0 aliphatic heterocycles. The highest BCUT2D eigenvalue weighted by molar-refractivity contribution is 6.05. The Morgan fingerprint density at radius 1 is 1.10 bits per heavy atom. The number of nitrogens with zero attached hydrogens (tertiary/aromatic N) is 4. The molecular weight excluding hydrogens is 417 g/mol. The van der Waals surface area contributed by atoms with Crippen LogP contribution >= 0.6 is 0 Å². The highest BCUT2D eigenvalue weighted by atomic mass is 19.4. The molecule has 0 bridgehead atoms. The Morgan fingerprint density at radius 3 is 2.39 bits per heavy atom.